The number of Topliss-reactive ketones (excluding diaryl/α,β-unsaturated/α-hetero) is 1. The van der Waals surface area contributed by atoms with Gasteiger partial charge in [-0.3, -0.25) is 9.52 Å². The Morgan fingerprint density at radius 1 is 1.17 bits per heavy atom. The Balaban J connectivity index is 1.69. The first-order valence-corrected chi connectivity index (χ1v) is 13.5. The maximum absolute atomic E-state index is 13.6. The normalized spacial score (nSPS) is 18.3. The zero-order valence-corrected chi connectivity index (χ0v) is 21.6. The largest absolute Gasteiger partial charge is 0.485 e. The molecule has 0 amide bonds. The van der Waals surface area contributed by atoms with Crippen molar-refractivity contribution in [3.8, 4) is 16.9 Å². The number of carbonyl (C=O) groups is 1. The molecule has 0 unspecified atom stereocenters. The number of nitrogens with one attached hydrogen (secondary N) is 2. The molecule has 12 heteroatoms. The second-order valence-corrected chi connectivity index (χ2v) is 12.2. The van der Waals surface area contributed by atoms with E-state index in [4.69, 9.17) is 16.3 Å². The van der Waals surface area contributed by atoms with Crippen LogP contribution in [0, 0.1) is 0 Å². The van der Waals surface area contributed by atoms with Gasteiger partial charge in [0.15, 0.2) is 5.78 Å². The molecule has 3 aromatic rings. The monoisotopic (exact) mass is 558 g/mol. The van der Waals surface area contributed by atoms with Crippen molar-refractivity contribution >= 4 is 44.4 Å². The molecule has 1 aliphatic heterocycles. The molecule has 2 aromatic carbocycles. The Morgan fingerprint density at radius 2 is 1.86 bits per heavy atom. The third kappa shape index (κ3) is 5.69. The van der Waals surface area contributed by atoms with Crippen molar-refractivity contribution in [1.29, 1.82) is 0 Å². The van der Waals surface area contributed by atoms with E-state index in [9.17, 15) is 26.4 Å². The number of hydrogen-bond acceptors (Lipinski definition) is 6. The Morgan fingerprint density at radius 3 is 2.44 bits per heavy atom. The summed E-state index contributed by atoms with van der Waals surface area (Å²) in [6.45, 7) is 4.07. The zero-order valence-electron chi connectivity index (χ0n) is 19.2. The number of sulfonamides is 1. The molecule has 1 atom stereocenters. The summed E-state index contributed by atoms with van der Waals surface area (Å²) < 4.78 is 75.7. The minimum atomic E-state index is -4.68. The third-order valence-electron chi connectivity index (χ3n) is 5.74. The number of alkyl halides is 3. The van der Waals surface area contributed by atoms with Crippen LogP contribution < -0.4 is 14.8 Å². The number of hydrogen-bond donors (Lipinski definition) is 2. The molecule has 2 N–H and O–H groups in total. The molecule has 0 bridgehead atoms. The summed E-state index contributed by atoms with van der Waals surface area (Å²) in [6, 6.07) is 10.7. The van der Waals surface area contributed by atoms with Gasteiger partial charge >= 0.3 is 6.18 Å². The summed E-state index contributed by atoms with van der Waals surface area (Å²) in [5.74, 6) is -0.597. The van der Waals surface area contributed by atoms with Crippen LogP contribution in [0.4, 0.5) is 18.9 Å². The number of ether oxygens (including phenoxy) is 1. The zero-order chi connectivity index (χ0) is 26.3. The van der Waals surface area contributed by atoms with Crippen LogP contribution in [0.3, 0.4) is 0 Å². The van der Waals surface area contributed by atoms with Crippen LogP contribution in [0.15, 0.2) is 52.7 Å². The van der Waals surface area contributed by atoms with Crippen molar-refractivity contribution < 1.29 is 31.1 Å². The van der Waals surface area contributed by atoms with Crippen LogP contribution >= 0.6 is 22.9 Å². The van der Waals surface area contributed by atoms with E-state index in [1.165, 1.54) is 13.0 Å². The molecule has 192 valence electrons. The van der Waals surface area contributed by atoms with E-state index in [1.807, 2.05) is 0 Å². The molecule has 2 heterocycles. The van der Waals surface area contributed by atoms with E-state index in [-0.39, 0.29) is 20.0 Å². The summed E-state index contributed by atoms with van der Waals surface area (Å²) in [6.07, 6.45) is -4.19. The molecule has 4 rings (SSSR count). The van der Waals surface area contributed by atoms with Gasteiger partial charge in [0.1, 0.15) is 15.6 Å². The van der Waals surface area contributed by atoms with Crippen LogP contribution in [0.25, 0.3) is 11.1 Å². The van der Waals surface area contributed by atoms with E-state index in [0.29, 0.717) is 36.2 Å². The molecule has 6 nitrogen and oxygen atoms in total. The molecule has 1 aromatic heterocycles. The fourth-order valence-corrected chi connectivity index (χ4v) is 6.83. The van der Waals surface area contributed by atoms with Gasteiger partial charge in [-0.05, 0) is 44.2 Å². The average Bonchev–Trinajstić information content (AvgIpc) is 3.39. The van der Waals surface area contributed by atoms with E-state index in [2.05, 4.69) is 10.0 Å². The van der Waals surface area contributed by atoms with Crippen molar-refractivity contribution in [2.75, 3.05) is 17.8 Å². The second kappa shape index (κ2) is 9.70. The highest BCUT2D eigenvalue weighted by atomic mass is 35.5. The first-order chi connectivity index (χ1) is 16.8. The van der Waals surface area contributed by atoms with Crippen LogP contribution in [0.5, 0.6) is 5.75 Å². The molecule has 0 spiro atoms. The van der Waals surface area contributed by atoms with Gasteiger partial charge in [0, 0.05) is 30.2 Å². The molecule has 1 fully saturated rings. The van der Waals surface area contributed by atoms with Crippen molar-refractivity contribution in [3.63, 3.8) is 0 Å². The molecular weight excluding hydrogens is 537 g/mol. The summed E-state index contributed by atoms with van der Waals surface area (Å²) in [4.78, 5) is 11.6. The topological polar surface area (TPSA) is 84.5 Å². The standard InChI is InChI=1S/C24H22ClF3N2O4S2/c1-14(31)15-3-5-16(6-4-15)18-12-21(25)35-22(18)36(32,33)30-17-7-8-19(24(26,27)28)20(11-17)34-23(2)9-10-29-13-23/h3-8,11-12,29-30H,9-10,13H2,1-2H3/t23-/m1/s1. The van der Waals surface area contributed by atoms with E-state index in [1.54, 1.807) is 31.2 Å². The number of anilines is 1. The van der Waals surface area contributed by atoms with Crippen molar-refractivity contribution in [2.24, 2.45) is 0 Å². The van der Waals surface area contributed by atoms with Gasteiger partial charge in [-0.2, -0.15) is 13.2 Å². The predicted molar refractivity (Wildman–Crippen MR) is 134 cm³/mol. The predicted octanol–water partition coefficient (Wildman–Crippen LogP) is 6.22. The fraction of sp³-hybridized carbons (Fsp3) is 0.292. The fourth-order valence-electron chi connectivity index (χ4n) is 3.88. The molecule has 36 heavy (non-hydrogen) atoms. The van der Waals surface area contributed by atoms with Crippen LogP contribution in [0.1, 0.15) is 36.2 Å². The summed E-state index contributed by atoms with van der Waals surface area (Å²) in [5, 5.41) is 3.05. The molecule has 1 aliphatic rings. The minimum absolute atomic E-state index is 0.0880. The number of rotatable bonds is 7. The van der Waals surface area contributed by atoms with Gasteiger partial charge in [0.25, 0.3) is 10.0 Å². The SMILES string of the molecule is CC(=O)c1ccc(-c2cc(Cl)sc2S(=O)(=O)Nc2ccc(C(F)(F)F)c(O[C@]3(C)CCNC3)c2)cc1. The summed E-state index contributed by atoms with van der Waals surface area (Å²) in [7, 11) is -4.24. The minimum Gasteiger partial charge on any atom is -0.485 e. The Hall–Kier alpha value is -2.60. The van der Waals surface area contributed by atoms with Gasteiger partial charge in [0.2, 0.25) is 0 Å². The quantitative estimate of drug-likeness (QED) is 0.336. The Labute approximate surface area is 215 Å². The lowest BCUT2D eigenvalue weighted by molar-refractivity contribution is -0.139. The second-order valence-electron chi connectivity index (χ2n) is 8.68. The summed E-state index contributed by atoms with van der Waals surface area (Å²) in [5.41, 5.74) is -0.662. The van der Waals surface area contributed by atoms with Crippen LogP contribution in [-0.2, 0) is 16.2 Å². The lowest BCUT2D eigenvalue weighted by Crippen LogP contribution is -2.35. The maximum atomic E-state index is 13.6. The molecule has 0 saturated carbocycles. The summed E-state index contributed by atoms with van der Waals surface area (Å²) >= 11 is 6.95. The van der Waals surface area contributed by atoms with Crippen molar-refractivity contribution in [1.82, 2.24) is 5.32 Å². The van der Waals surface area contributed by atoms with Gasteiger partial charge in [-0.15, -0.1) is 11.3 Å². The average molecular weight is 559 g/mol. The number of halogens is 4. The number of ketones is 1. The Kier molecular flexibility index (Phi) is 7.13. The maximum Gasteiger partial charge on any atom is 0.419 e. The van der Waals surface area contributed by atoms with E-state index < -0.39 is 33.1 Å². The third-order valence-corrected chi connectivity index (χ3v) is 8.92. The highest BCUT2D eigenvalue weighted by Gasteiger charge is 2.38. The van der Waals surface area contributed by atoms with Crippen molar-refractivity contribution in [2.45, 2.75) is 36.3 Å². The molecule has 0 radical (unpaired) electrons. The van der Waals surface area contributed by atoms with Crippen LogP contribution in [0.2, 0.25) is 4.34 Å². The smallest absolute Gasteiger partial charge is 0.419 e. The molecule has 0 aliphatic carbocycles. The number of benzene rings is 2. The molecular formula is C24H22ClF3N2O4S2. The highest BCUT2D eigenvalue weighted by molar-refractivity contribution is 7.94. The van der Waals surface area contributed by atoms with Gasteiger partial charge < -0.3 is 10.1 Å². The van der Waals surface area contributed by atoms with E-state index >= 15 is 0 Å². The van der Waals surface area contributed by atoms with E-state index in [0.717, 1.165) is 29.5 Å². The highest BCUT2D eigenvalue weighted by Crippen LogP contribution is 2.42. The number of carbonyl (C=O) groups excluding carboxylic acids is 1. The lowest BCUT2D eigenvalue weighted by Gasteiger charge is -2.27. The first-order valence-electron chi connectivity index (χ1n) is 10.8. The van der Waals surface area contributed by atoms with Crippen LogP contribution in [-0.4, -0.2) is 32.9 Å². The van der Waals surface area contributed by atoms with Crippen molar-refractivity contribution in [3.05, 3.63) is 64.0 Å². The van der Waals surface area contributed by atoms with Gasteiger partial charge in [-0.1, -0.05) is 35.9 Å². The lowest BCUT2D eigenvalue weighted by atomic mass is 10.1. The first kappa shape index (κ1) is 26.5. The number of thiophene rings is 1. The van der Waals surface area contributed by atoms with Gasteiger partial charge in [0.05, 0.1) is 15.6 Å². The Bertz CT molecular complexity index is 1400. The van der Waals surface area contributed by atoms with Gasteiger partial charge in [-0.25, -0.2) is 8.42 Å². The molecule has 1 saturated heterocycles.